The fourth-order valence-corrected chi connectivity index (χ4v) is 4.35. The van der Waals surface area contributed by atoms with Crippen molar-refractivity contribution < 1.29 is 24.2 Å². The Morgan fingerprint density at radius 1 is 0.737 bits per heavy atom. The normalized spacial score (nSPS) is 11.0. The lowest BCUT2D eigenvalue weighted by Crippen LogP contribution is -2.25. The molecule has 0 radical (unpaired) electrons. The molecule has 212 valence electrons. The van der Waals surface area contributed by atoms with Gasteiger partial charge in [0.1, 0.15) is 5.75 Å². The van der Waals surface area contributed by atoms with E-state index in [9.17, 15) is 14.7 Å². The molecule has 7 nitrogen and oxygen atoms in total. The molecule has 0 unspecified atom stereocenters. The van der Waals surface area contributed by atoms with Crippen molar-refractivity contribution in [3.05, 3.63) is 35.9 Å². The molecular weight excluding hydrogens is 480 g/mol. The summed E-state index contributed by atoms with van der Waals surface area (Å²) >= 11 is 0. The second-order valence-electron chi connectivity index (χ2n) is 9.88. The summed E-state index contributed by atoms with van der Waals surface area (Å²) in [5.74, 6) is -0.448. The van der Waals surface area contributed by atoms with Crippen LogP contribution < -0.4 is 10.6 Å². The number of aromatic hydroxyl groups is 1. The summed E-state index contributed by atoms with van der Waals surface area (Å²) in [6.45, 7) is 6.47. The standard InChI is InChI=1S/C31H48N2O5/c1-3-5-7-8-9-10-11-12-13-14-22-37-23-16-21-32-30(35)27-20-19-25-26(29(27)34)17-15-18-28(25)33-31(36)38-24-6-4-2/h15,17-20,34H,3-14,16,21-24H2,1-2H3,(H,32,35)(H,33,36). The van der Waals surface area contributed by atoms with E-state index in [-0.39, 0.29) is 17.2 Å². The third kappa shape index (κ3) is 11.7. The molecule has 0 saturated carbocycles. The monoisotopic (exact) mass is 528 g/mol. The average Bonchev–Trinajstić information content (AvgIpc) is 2.91. The van der Waals surface area contributed by atoms with Gasteiger partial charge in [-0.3, -0.25) is 10.1 Å². The van der Waals surface area contributed by atoms with Crippen LogP contribution in [0.15, 0.2) is 30.3 Å². The third-order valence-electron chi connectivity index (χ3n) is 6.64. The predicted molar refractivity (Wildman–Crippen MR) is 155 cm³/mol. The number of nitrogens with one attached hydrogen (secondary N) is 2. The van der Waals surface area contributed by atoms with Gasteiger partial charge in [-0.25, -0.2) is 4.79 Å². The lowest BCUT2D eigenvalue weighted by molar-refractivity contribution is 0.0937. The Kier molecular flexibility index (Phi) is 16.0. The highest BCUT2D eigenvalue weighted by Crippen LogP contribution is 2.33. The molecule has 0 spiro atoms. The Balaban J connectivity index is 1.65. The number of ether oxygens (including phenoxy) is 2. The molecule has 0 bridgehead atoms. The van der Waals surface area contributed by atoms with Crippen LogP contribution in [0.25, 0.3) is 10.8 Å². The number of carbonyl (C=O) groups is 2. The number of phenols is 1. The van der Waals surface area contributed by atoms with Crippen molar-refractivity contribution >= 4 is 28.5 Å². The molecule has 3 N–H and O–H groups in total. The van der Waals surface area contributed by atoms with Crippen LogP contribution in [0.1, 0.15) is 108 Å². The first-order valence-electron chi connectivity index (χ1n) is 14.6. The first kappa shape index (κ1) is 31.4. The van der Waals surface area contributed by atoms with Crippen LogP contribution in [0.3, 0.4) is 0 Å². The van der Waals surface area contributed by atoms with Crippen LogP contribution in [0.4, 0.5) is 10.5 Å². The molecule has 0 aliphatic rings. The lowest BCUT2D eigenvalue weighted by atomic mass is 10.0. The lowest BCUT2D eigenvalue weighted by Gasteiger charge is -2.13. The number of phenolic OH excluding ortho intramolecular Hbond substituents is 1. The number of rotatable bonds is 20. The van der Waals surface area contributed by atoms with Crippen molar-refractivity contribution in [2.45, 2.75) is 97.3 Å². The van der Waals surface area contributed by atoms with Crippen molar-refractivity contribution in [3.8, 4) is 5.75 Å². The van der Waals surface area contributed by atoms with E-state index in [2.05, 4.69) is 17.6 Å². The van der Waals surface area contributed by atoms with Gasteiger partial charge in [-0.15, -0.1) is 0 Å². The Morgan fingerprint density at radius 3 is 2.11 bits per heavy atom. The quantitative estimate of drug-likeness (QED) is 0.152. The Hall–Kier alpha value is -2.80. The fourth-order valence-electron chi connectivity index (χ4n) is 4.35. The van der Waals surface area contributed by atoms with Gasteiger partial charge < -0.3 is 19.9 Å². The minimum absolute atomic E-state index is 0.111. The van der Waals surface area contributed by atoms with Gasteiger partial charge in [-0.05, 0) is 31.4 Å². The molecule has 0 aromatic heterocycles. The van der Waals surface area contributed by atoms with Crippen molar-refractivity contribution in [1.29, 1.82) is 0 Å². The zero-order valence-electron chi connectivity index (χ0n) is 23.5. The van der Waals surface area contributed by atoms with Gasteiger partial charge in [-0.2, -0.15) is 0 Å². The number of hydrogen-bond acceptors (Lipinski definition) is 5. The van der Waals surface area contributed by atoms with Gasteiger partial charge in [0, 0.05) is 30.5 Å². The number of carbonyl (C=O) groups excluding carboxylic acids is 2. The van der Waals surface area contributed by atoms with E-state index < -0.39 is 6.09 Å². The first-order valence-corrected chi connectivity index (χ1v) is 14.6. The Morgan fingerprint density at radius 2 is 1.39 bits per heavy atom. The highest BCUT2D eigenvalue weighted by Gasteiger charge is 2.16. The second kappa shape index (κ2) is 19.3. The maximum atomic E-state index is 12.7. The van der Waals surface area contributed by atoms with Crippen LogP contribution in [0.5, 0.6) is 5.75 Å². The second-order valence-corrected chi connectivity index (χ2v) is 9.88. The number of hydrogen-bond donors (Lipinski definition) is 3. The summed E-state index contributed by atoms with van der Waals surface area (Å²) in [6.07, 6.45) is 15.0. The van der Waals surface area contributed by atoms with Gasteiger partial charge >= 0.3 is 6.09 Å². The minimum Gasteiger partial charge on any atom is -0.506 e. The molecule has 2 rings (SSSR count). The summed E-state index contributed by atoms with van der Waals surface area (Å²) in [5, 5.41) is 17.4. The minimum atomic E-state index is -0.539. The summed E-state index contributed by atoms with van der Waals surface area (Å²) in [5.41, 5.74) is 0.720. The van der Waals surface area contributed by atoms with Crippen LogP contribution in [-0.2, 0) is 9.47 Å². The number of unbranched alkanes of at least 4 members (excludes halogenated alkanes) is 10. The van der Waals surface area contributed by atoms with Gasteiger partial charge in [0.15, 0.2) is 0 Å². The zero-order chi connectivity index (χ0) is 27.4. The van der Waals surface area contributed by atoms with Crippen molar-refractivity contribution in [3.63, 3.8) is 0 Å². The van der Waals surface area contributed by atoms with E-state index in [1.165, 1.54) is 57.8 Å². The molecule has 2 amide bonds. The molecule has 0 saturated heterocycles. The Bertz CT molecular complexity index is 963. The van der Waals surface area contributed by atoms with E-state index in [0.29, 0.717) is 42.6 Å². The van der Waals surface area contributed by atoms with Crippen LogP contribution in [0.2, 0.25) is 0 Å². The summed E-state index contributed by atoms with van der Waals surface area (Å²) in [7, 11) is 0. The van der Waals surface area contributed by atoms with Gasteiger partial charge in [0.2, 0.25) is 0 Å². The third-order valence-corrected chi connectivity index (χ3v) is 6.64. The summed E-state index contributed by atoms with van der Waals surface area (Å²) in [6, 6.07) is 8.47. The Labute approximate surface area is 228 Å². The summed E-state index contributed by atoms with van der Waals surface area (Å²) in [4.78, 5) is 24.7. The summed E-state index contributed by atoms with van der Waals surface area (Å²) < 4.78 is 10.9. The molecule has 0 aliphatic heterocycles. The SMILES string of the molecule is CCCCCCCCCCCCOCCCNC(=O)c1ccc2c(NC(=O)OCCCC)cccc2c1O. The number of fused-ring (bicyclic) bond motifs is 1. The molecule has 7 heteroatoms. The predicted octanol–water partition coefficient (Wildman–Crippen LogP) is 7.95. The molecular formula is C31H48N2O5. The highest BCUT2D eigenvalue weighted by molar-refractivity contribution is 6.08. The molecule has 0 aliphatic carbocycles. The average molecular weight is 529 g/mol. The van der Waals surface area contributed by atoms with Crippen molar-refractivity contribution in [2.75, 3.05) is 31.7 Å². The van der Waals surface area contributed by atoms with Crippen LogP contribution in [-0.4, -0.2) is 43.5 Å². The maximum Gasteiger partial charge on any atom is 0.411 e. The number of amides is 2. The molecule has 2 aromatic rings. The van der Waals surface area contributed by atoms with E-state index in [4.69, 9.17) is 9.47 Å². The van der Waals surface area contributed by atoms with E-state index in [0.717, 1.165) is 25.9 Å². The highest BCUT2D eigenvalue weighted by atomic mass is 16.5. The van der Waals surface area contributed by atoms with E-state index in [1.54, 1.807) is 30.3 Å². The number of benzene rings is 2. The molecule has 38 heavy (non-hydrogen) atoms. The number of anilines is 1. The van der Waals surface area contributed by atoms with Gasteiger partial charge in [0.05, 0.1) is 17.9 Å². The zero-order valence-corrected chi connectivity index (χ0v) is 23.5. The topological polar surface area (TPSA) is 96.9 Å². The van der Waals surface area contributed by atoms with Gasteiger partial charge in [0.25, 0.3) is 5.91 Å². The largest absolute Gasteiger partial charge is 0.506 e. The maximum absolute atomic E-state index is 12.7. The van der Waals surface area contributed by atoms with E-state index >= 15 is 0 Å². The van der Waals surface area contributed by atoms with Crippen molar-refractivity contribution in [2.24, 2.45) is 0 Å². The van der Waals surface area contributed by atoms with Crippen LogP contribution in [0, 0.1) is 0 Å². The molecule has 0 atom stereocenters. The molecule has 0 fully saturated rings. The molecule has 2 aromatic carbocycles. The van der Waals surface area contributed by atoms with Crippen molar-refractivity contribution in [1.82, 2.24) is 5.32 Å². The van der Waals surface area contributed by atoms with Gasteiger partial charge in [-0.1, -0.05) is 96.3 Å². The smallest absolute Gasteiger partial charge is 0.411 e. The van der Waals surface area contributed by atoms with E-state index in [1.807, 2.05) is 6.92 Å². The fraction of sp³-hybridized carbons (Fsp3) is 0.613. The molecule has 0 heterocycles. The van der Waals surface area contributed by atoms with Crippen LogP contribution >= 0.6 is 0 Å². The first-order chi connectivity index (χ1) is 18.6.